The molecule has 22 heavy (non-hydrogen) atoms. The maximum absolute atomic E-state index is 12.4. The molecule has 0 radical (unpaired) electrons. The summed E-state index contributed by atoms with van der Waals surface area (Å²) in [5, 5.41) is 0.949. The smallest absolute Gasteiger partial charge is 0.409 e. The fourth-order valence-corrected chi connectivity index (χ4v) is 2.54. The predicted octanol–water partition coefficient (Wildman–Crippen LogP) is 4.59. The normalized spacial score (nSPS) is 10.6. The largest absolute Gasteiger partial charge is 0.413 e. The van der Waals surface area contributed by atoms with Crippen LogP contribution in [-0.4, -0.2) is 10.4 Å². The molecule has 0 saturated carbocycles. The summed E-state index contributed by atoms with van der Waals surface area (Å²) in [6.07, 6.45) is 0. The van der Waals surface area contributed by atoms with Crippen molar-refractivity contribution in [2.24, 2.45) is 0 Å². The van der Waals surface area contributed by atoms with Crippen molar-refractivity contribution in [3.63, 3.8) is 0 Å². The van der Waals surface area contributed by atoms with Crippen LogP contribution in [0.15, 0.2) is 53.3 Å². The quantitative estimate of drug-likeness (QED) is 0.698. The van der Waals surface area contributed by atoms with Crippen LogP contribution in [0.25, 0.3) is 22.0 Å². The Kier molecular flexibility index (Phi) is 3.88. The van der Waals surface area contributed by atoms with E-state index in [1.54, 1.807) is 42.5 Å². The molecule has 110 valence electrons. The van der Waals surface area contributed by atoms with Crippen molar-refractivity contribution < 1.29 is 9.53 Å². The summed E-state index contributed by atoms with van der Waals surface area (Å²) in [4.78, 5) is 26.4. The van der Waals surface area contributed by atoms with E-state index in [1.807, 2.05) is 6.07 Å². The highest BCUT2D eigenvalue weighted by Crippen LogP contribution is 2.34. The number of rotatable bonds is 2. The van der Waals surface area contributed by atoms with Crippen LogP contribution in [0, 0.1) is 0 Å². The second kappa shape index (κ2) is 5.83. The molecule has 1 N–H and O–H groups in total. The lowest BCUT2D eigenvalue weighted by Gasteiger charge is -2.11. The zero-order valence-electron chi connectivity index (χ0n) is 11.1. The molecule has 0 aliphatic heterocycles. The van der Waals surface area contributed by atoms with Crippen LogP contribution in [0.2, 0.25) is 5.02 Å². The zero-order chi connectivity index (χ0) is 15.7. The van der Waals surface area contributed by atoms with Gasteiger partial charge in [0, 0.05) is 22.0 Å². The van der Waals surface area contributed by atoms with Gasteiger partial charge in [0.2, 0.25) is 0 Å². The highest BCUT2D eigenvalue weighted by molar-refractivity contribution is 6.61. The highest BCUT2D eigenvalue weighted by Gasteiger charge is 2.18. The molecule has 2 aromatic carbocycles. The molecule has 6 heteroatoms. The minimum atomic E-state index is -1.02. The van der Waals surface area contributed by atoms with Crippen LogP contribution in [0.4, 0.5) is 4.79 Å². The van der Waals surface area contributed by atoms with Crippen LogP contribution in [0.3, 0.4) is 0 Å². The van der Waals surface area contributed by atoms with Gasteiger partial charge in [0.25, 0.3) is 5.56 Å². The van der Waals surface area contributed by atoms with Gasteiger partial charge in [0.15, 0.2) is 5.75 Å². The lowest BCUT2D eigenvalue weighted by Crippen LogP contribution is -2.13. The minimum Gasteiger partial charge on any atom is -0.413 e. The molecule has 3 rings (SSSR count). The van der Waals surface area contributed by atoms with Crippen LogP contribution >= 0.6 is 23.2 Å². The summed E-state index contributed by atoms with van der Waals surface area (Å²) < 4.78 is 5.10. The Morgan fingerprint density at radius 2 is 1.82 bits per heavy atom. The van der Waals surface area contributed by atoms with E-state index in [4.69, 9.17) is 27.9 Å². The Morgan fingerprint density at radius 1 is 1.09 bits per heavy atom. The first-order chi connectivity index (χ1) is 10.6. The van der Waals surface area contributed by atoms with Crippen molar-refractivity contribution in [1.82, 2.24) is 4.98 Å². The van der Waals surface area contributed by atoms with E-state index >= 15 is 0 Å². The lowest BCUT2D eigenvalue weighted by atomic mass is 10.0. The number of H-pyrrole nitrogens is 1. The van der Waals surface area contributed by atoms with Gasteiger partial charge in [-0.1, -0.05) is 41.9 Å². The summed E-state index contributed by atoms with van der Waals surface area (Å²) in [6.45, 7) is 0. The van der Waals surface area contributed by atoms with Crippen LogP contribution < -0.4 is 10.3 Å². The highest BCUT2D eigenvalue weighted by atomic mass is 35.5. The van der Waals surface area contributed by atoms with Crippen LogP contribution in [-0.2, 0) is 0 Å². The van der Waals surface area contributed by atoms with Crippen molar-refractivity contribution in [3.8, 4) is 16.9 Å². The number of halogens is 2. The molecule has 0 unspecified atom stereocenters. The molecular formula is C16H9Cl2NO3. The van der Waals surface area contributed by atoms with Crippen molar-refractivity contribution in [3.05, 3.63) is 63.9 Å². The minimum absolute atomic E-state index is 0.0902. The number of carbonyl (C=O) groups excluding carboxylic acids is 1. The lowest BCUT2D eigenvalue weighted by molar-refractivity contribution is 0.226. The standard InChI is InChI=1S/C16H9Cl2NO3/c17-10-6-7-12-11(8-10)14(22-16(18)21)13(15(20)19-12)9-4-2-1-3-5-9/h1-8H,(H,19,20). The summed E-state index contributed by atoms with van der Waals surface area (Å²) in [6, 6.07) is 13.7. The van der Waals surface area contributed by atoms with Crippen molar-refractivity contribution in [2.45, 2.75) is 0 Å². The topological polar surface area (TPSA) is 59.2 Å². The van der Waals surface area contributed by atoms with Gasteiger partial charge in [-0.15, -0.1) is 0 Å². The number of ether oxygens (including phenoxy) is 1. The molecule has 0 spiro atoms. The second-order valence-electron chi connectivity index (χ2n) is 4.55. The van der Waals surface area contributed by atoms with Gasteiger partial charge in [-0.3, -0.25) is 4.79 Å². The molecule has 0 aliphatic carbocycles. The van der Waals surface area contributed by atoms with Gasteiger partial charge < -0.3 is 9.72 Å². The van der Waals surface area contributed by atoms with Gasteiger partial charge in [0.05, 0.1) is 11.1 Å². The molecule has 0 aliphatic rings. The molecule has 0 bridgehead atoms. The monoisotopic (exact) mass is 333 g/mol. The fraction of sp³-hybridized carbons (Fsp3) is 0. The van der Waals surface area contributed by atoms with Crippen molar-refractivity contribution in [1.29, 1.82) is 0 Å². The number of fused-ring (bicyclic) bond motifs is 1. The molecule has 0 saturated heterocycles. The number of benzene rings is 2. The average Bonchev–Trinajstić information content (AvgIpc) is 2.48. The third-order valence-electron chi connectivity index (χ3n) is 3.17. The fourth-order valence-electron chi connectivity index (χ4n) is 2.29. The molecule has 1 heterocycles. The average molecular weight is 334 g/mol. The predicted molar refractivity (Wildman–Crippen MR) is 86.9 cm³/mol. The van der Waals surface area contributed by atoms with Crippen molar-refractivity contribution in [2.75, 3.05) is 0 Å². The van der Waals surface area contributed by atoms with E-state index in [1.165, 1.54) is 0 Å². The van der Waals surface area contributed by atoms with Gasteiger partial charge in [-0.25, -0.2) is 4.79 Å². The molecule has 0 atom stereocenters. The first kappa shape index (κ1) is 14.6. The number of hydrogen-bond donors (Lipinski definition) is 1. The van der Waals surface area contributed by atoms with Crippen LogP contribution in [0.5, 0.6) is 5.75 Å². The first-order valence-electron chi connectivity index (χ1n) is 6.34. The number of hydrogen-bond acceptors (Lipinski definition) is 3. The number of aromatic nitrogens is 1. The van der Waals surface area contributed by atoms with E-state index in [2.05, 4.69) is 4.98 Å². The van der Waals surface area contributed by atoms with E-state index in [0.29, 0.717) is 21.5 Å². The Labute approximate surface area is 135 Å². The molecule has 4 nitrogen and oxygen atoms in total. The summed E-state index contributed by atoms with van der Waals surface area (Å²) in [5.41, 5.74) is -0.0668. The first-order valence-corrected chi connectivity index (χ1v) is 7.10. The SMILES string of the molecule is O=C(Cl)Oc1c(-c2ccccc2)c(=O)[nH]c2ccc(Cl)cc12. The molecular weight excluding hydrogens is 325 g/mol. The third kappa shape index (κ3) is 2.71. The number of pyridine rings is 1. The molecule has 0 amide bonds. The Balaban J connectivity index is 2.42. The number of nitrogens with one attached hydrogen (secondary N) is 1. The van der Waals surface area contributed by atoms with Crippen LogP contribution in [0.1, 0.15) is 0 Å². The summed E-state index contributed by atoms with van der Waals surface area (Å²) >= 11 is 11.4. The number of aromatic amines is 1. The van der Waals surface area contributed by atoms with Gasteiger partial charge >= 0.3 is 5.43 Å². The third-order valence-corrected chi connectivity index (χ3v) is 3.49. The van der Waals surface area contributed by atoms with Gasteiger partial charge in [-0.05, 0) is 23.8 Å². The maximum atomic E-state index is 12.4. The Hall–Kier alpha value is -2.30. The van der Waals surface area contributed by atoms with Crippen molar-refractivity contribution >= 4 is 39.5 Å². The van der Waals surface area contributed by atoms with E-state index in [0.717, 1.165) is 0 Å². The maximum Gasteiger partial charge on any atom is 0.409 e. The molecule has 1 aromatic heterocycles. The van der Waals surface area contributed by atoms with E-state index < -0.39 is 5.43 Å². The van der Waals surface area contributed by atoms with E-state index in [9.17, 15) is 9.59 Å². The summed E-state index contributed by atoms with van der Waals surface area (Å²) in [7, 11) is 0. The molecule has 0 fully saturated rings. The van der Waals surface area contributed by atoms with E-state index in [-0.39, 0.29) is 16.9 Å². The summed E-state index contributed by atoms with van der Waals surface area (Å²) in [5.74, 6) is 0.0902. The second-order valence-corrected chi connectivity index (χ2v) is 5.30. The van der Waals surface area contributed by atoms with Gasteiger partial charge in [-0.2, -0.15) is 0 Å². The number of carbonyl (C=O) groups is 1. The van der Waals surface area contributed by atoms with Gasteiger partial charge in [0.1, 0.15) is 0 Å². The Morgan fingerprint density at radius 3 is 2.50 bits per heavy atom. The molecule has 3 aromatic rings. The zero-order valence-corrected chi connectivity index (χ0v) is 12.6. The Bertz CT molecular complexity index is 920.